The molecule has 0 spiro atoms. The molecule has 0 saturated carbocycles. The number of hydrogen-bond donors (Lipinski definition) is 2. The van der Waals surface area contributed by atoms with Crippen molar-refractivity contribution in [1.29, 1.82) is 0 Å². The van der Waals surface area contributed by atoms with Gasteiger partial charge in [0, 0.05) is 31.1 Å². The van der Waals surface area contributed by atoms with E-state index < -0.39 is 0 Å². The van der Waals surface area contributed by atoms with Crippen molar-refractivity contribution in [3.8, 4) is 0 Å². The summed E-state index contributed by atoms with van der Waals surface area (Å²) in [6, 6.07) is 0.297. The summed E-state index contributed by atoms with van der Waals surface area (Å²) < 4.78 is 0. The molecule has 4 nitrogen and oxygen atoms in total. The highest BCUT2D eigenvalue weighted by Crippen LogP contribution is 2.21. The Morgan fingerprint density at radius 3 is 2.44 bits per heavy atom. The number of thiocarbonyl (C=S) groups is 1. The van der Waals surface area contributed by atoms with Gasteiger partial charge in [-0.2, -0.15) is 0 Å². The van der Waals surface area contributed by atoms with E-state index in [1.54, 1.807) is 0 Å². The van der Waals surface area contributed by atoms with E-state index in [0.29, 0.717) is 17.6 Å². The molecule has 1 aliphatic rings. The largest absolute Gasteiger partial charge is 0.392 e. The van der Waals surface area contributed by atoms with Crippen molar-refractivity contribution in [3.05, 3.63) is 0 Å². The lowest BCUT2D eigenvalue weighted by Crippen LogP contribution is -2.49. The van der Waals surface area contributed by atoms with Crippen molar-refractivity contribution in [2.45, 2.75) is 46.1 Å². The molecular formula is C13H25N3OS. The van der Waals surface area contributed by atoms with E-state index in [1.165, 1.54) is 0 Å². The molecule has 18 heavy (non-hydrogen) atoms. The molecule has 0 aromatic rings. The molecule has 5 heteroatoms. The Hall–Kier alpha value is -0.680. The van der Waals surface area contributed by atoms with Crippen molar-refractivity contribution in [2.24, 2.45) is 11.1 Å². The second kappa shape index (κ2) is 6.48. The maximum atomic E-state index is 12.1. The van der Waals surface area contributed by atoms with E-state index in [2.05, 4.69) is 10.2 Å². The Bertz CT molecular complexity index is 309. The number of carbonyl (C=O) groups excluding carboxylic acids is 1. The number of amides is 1. The minimum atomic E-state index is -0.268. The van der Waals surface area contributed by atoms with Gasteiger partial charge in [-0.3, -0.25) is 9.69 Å². The molecule has 1 amide bonds. The molecule has 0 aromatic carbocycles. The zero-order valence-corrected chi connectivity index (χ0v) is 12.5. The molecule has 0 unspecified atom stereocenters. The number of hydrogen-bond acceptors (Lipinski definition) is 3. The zero-order valence-electron chi connectivity index (χ0n) is 11.7. The summed E-state index contributed by atoms with van der Waals surface area (Å²) in [6.07, 6.45) is 2.82. The van der Waals surface area contributed by atoms with Crippen LogP contribution >= 0.6 is 12.2 Å². The van der Waals surface area contributed by atoms with Crippen LogP contribution in [0.5, 0.6) is 0 Å². The molecule has 1 aliphatic heterocycles. The number of piperidine rings is 1. The predicted octanol–water partition coefficient (Wildman–Crippen LogP) is 1.29. The maximum absolute atomic E-state index is 12.1. The quantitative estimate of drug-likeness (QED) is 0.740. The summed E-state index contributed by atoms with van der Waals surface area (Å²) in [4.78, 5) is 14.8. The highest BCUT2D eigenvalue weighted by Gasteiger charge is 2.28. The van der Waals surface area contributed by atoms with Gasteiger partial charge in [-0.15, -0.1) is 0 Å². The molecule has 104 valence electrons. The van der Waals surface area contributed by atoms with Gasteiger partial charge in [0.05, 0.1) is 4.99 Å². The summed E-state index contributed by atoms with van der Waals surface area (Å²) in [7, 11) is 0. The van der Waals surface area contributed by atoms with Crippen molar-refractivity contribution in [3.63, 3.8) is 0 Å². The minimum Gasteiger partial charge on any atom is -0.392 e. The van der Waals surface area contributed by atoms with Crippen LogP contribution in [0.2, 0.25) is 0 Å². The molecule has 0 bridgehead atoms. The zero-order chi connectivity index (χ0) is 13.8. The van der Waals surface area contributed by atoms with Gasteiger partial charge in [0.25, 0.3) is 0 Å². The fourth-order valence-corrected chi connectivity index (χ4v) is 2.18. The summed E-state index contributed by atoms with van der Waals surface area (Å²) in [5.74, 6) is 0.165. The fraction of sp³-hybridized carbons (Fsp3) is 0.846. The number of nitrogens with one attached hydrogen (secondary N) is 1. The third-order valence-corrected chi connectivity index (χ3v) is 3.93. The standard InChI is InChI=1S/C13H25N3OS/c1-4-13(2,3)12(17)15-10-5-7-16(8-6-10)9-11(14)18/h10H,4-9H2,1-3H3,(H2,14,18)(H,15,17). The molecule has 0 atom stereocenters. The van der Waals surface area contributed by atoms with Crippen LogP contribution in [0, 0.1) is 5.41 Å². The van der Waals surface area contributed by atoms with Gasteiger partial charge in [-0.25, -0.2) is 0 Å². The van der Waals surface area contributed by atoms with Crippen LogP contribution in [0.15, 0.2) is 0 Å². The van der Waals surface area contributed by atoms with Crippen LogP contribution < -0.4 is 11.1 Å². The number of likely N-dealkylation sites (tertiary alicyclic amines) is 1. The molecule has 1 fully saturated rings. The third kappa shape index (κ3) is 4.53. The summed E-state index contributed by atoms with van der Waals surface area (Å²) in [5, 5.41) is 3.15. The third-order valence-electron chi connectivity index (χ3n) is 3.80. The van der Waals surface area contributed by atoms with Gasteiger partial charge in [-0.1, -0.05) is 33.0 Å². The predicted molar refractivity (Wildman–Crippen MR) is 78.5 cm³/mol. The van der Waals surface area contributed by atoms with E-state index >= 15 is 0 Å². The minimum absolute atomic E-state index is 0.165. The molecule has 0 aliphatic carbocycles. The SMILES string of the molecule is CCC(C)(C)C(=O)NC1CCN(CC(N)=S)CC1. The van der Waals surface area contributed by atoms with Gasteiger partial charge >= 0.3 is 0 Å². The van der Waals surface area contributed by atoms with Gasteiger partial charge < -0.3 is 11.1 Å². The van der Waals surface area contributed by atoms with Crippen LogP contribution in [-0.2, 0) is 4.79 Å². The normalized spacial score (nSPS) is 18.6. The van der Waals surface area contributed by atoms with Crippen molar-refractivity contribution in [2.75, 3.05) is 19.6 Å². The Morgan fingerprint density at radius 2 is 2.00 bits per heavy atom. The van der Waals surface area contributed by atoms with Gasteiger partial charge in [0.1, 0.15) is 0 Å². The second-order valence-electron chi connectivity index (χ2n) is 5.73. The molecule has 1 saturated heterocycles. The molecule has 1 rings (SSSR count). The Balaban J connectivity index is 2.36. The van der Waals surface area contributed by atoms with Crippen molar-refractivity contribution < 1.29 is 4.79 Å². The van der Waals surface area contributed by atoms with Gasteiger partial charge in [-0.05, 0) is 19.3 Å². The first-order chi connectivity index (χ1) is 8.35. The first-order valence-corrected chi connectivity index (χ1v) is 7.07. The second-order valence-corrected chi connectivity index (χ2v) is 6.25. The lowest BCUT2D eigenvalue weighted by molar-refractivity contribution is -0.130. The number of nitrogens with zero attached hydrogens (tertiary/aromatic N) is 1. The monoisotopic (exact) mass is 271 g/mol. The van der Waals surface area contributed by atoms with Gasteiger partial charge in [0.15, 0.2) is 0 Å². The summed E-state index contributed by atoms with van der Waals surface area (Å²) in [6.45, 7) is 8.62. The van der Waals surface area contributed by atoms with Crippen LogP contribution in [0.1, 0.15) is 40.0 Å². The fourth-order valence-electron chi connectivity index (χ4n) is 2.00. The van der Waals surface area contributed by atoms with E-state index in [4.69, 9.17) is 18.0 Å². The molecular weight excluding hydrogens is 246 g/mol. The first kappa shape index (κ1) is 15.4. The Labute approximate surface area is 115 Å². The number of carbonyl (C=O) groups is 1. The van der Waals surface area contributed by atoms with E-state index in [0.717, 1.165) is 32.4 Å². The maximum Gasteiger partial charge on any atom is 0.225 e. The van der Waals surface area contributed by atoms with Gasteiger partial charge in [0.2, 0.25) is 5.91 Å². The van der Waals surface area contributed by atoms with Crippen molar-refractivity contribution >= 4 is 23.1 Å². The molecule has 0 radical (unpaired) electrons. The van der Waals surface area contributed by atoms with E-state index in [1.807, 2.05) is 20.8 Å². The number of rotatable bonds is 5. The van der Waals surface area contributed by atoms with Crippen molar-refractivity contribution in [1.82, 2.24) is 10.2 Å². The molecule has 0 aromatic heterocycles. The summed E-state index contributed by atoms with van der Waals surface area (Å²) >= 11 is 4.91. The highest BCUT2D eigenvalue weighted by atomic mass is 32.1. The lowest BCUT2D eigenvalue weighted by atomic mass is 9.88. The number of nitrogens with two attached hydrogens (primary N) is 1. The molecule has 1 heterocycles. The van der Waals surface area contributed by atoms with Crippen LogP contribution in [-0.4, -0.2) is 41.5 Å². The Kier molecular flexibility index (Phi) is 5.53. The van der Waals surface area contributed by atoms with Crippen LogP contribution in [0.25, 0.3) is 0 Å². The highest BCUT2D eigenvalue weighted by molar-refractivity contribution is 7.80. The smallest absolute Gasteiger partial charge is 0.225 e. The average Bonchev–Trinajstić information content (AvgIpc) is 2.31. The molecule has 3 N–H and O–H groups in total. The van der Waals surface area contributed by atoms with Crippen LogP contribution in [0.3, 0.4) is 0 Å². The van der Waals surface area contributed by atoms with Crippen LogP contribution in [0.4, 0.5) is 0 Å². The topological polar surface area (TPSA) is 58.4 Å². The first-order valence-electron chi connectivity index (χ1n) is 6.66. The summed E-state index contributed by atoms with van der Waals surface area (Å²) in [5.41, 5.74) is 5.27. The average molecular weight is 271 g/mol. The Morgan fingerprint density at radius 1 is 1.44 bits per heavy atom. The van der Waals surface area contributed by atoms with E-state index in [9.17, 15) is 4.79 Å². The lowest BCUT2D eigenvalue weighted by Gasteiger charge is -2.33. The van der Waals surface area contributed by atoms with E-state index in [-0.39, 0.29) is 11.3 Å².